The number of carbonyl (C=O) groups excluding carboxylic acids is 2. The van der Waals surface area contributed by atoms with Gasteiger partial charge in [0, 0.05) is 31.6 Å². The summed E-state index contributed by atoms with van der Waals surface area (Å²) in [6, 6.07) is 10.3. The van der Waals surface area contributed by atoms with Gasteiger partial charge in [-0.2, -0.15) is 0 Å². The number of hydrogen-bond acceptors (Lipinski definition) is 6. The van der Waals surface area contributed by atoms with Crippen molar-refractivity contribution in [1.29, 1.82) is 0 Å². The van der Waals surface area contributed by atoms with Crippen molar-refractivity contribution in [2.24, 2.45) is 0 Å². The zero-order valence-corrected chi connectivity index (χ0v) is 17.1. The highest BCUT2D eigenvalue weighted by atomic mass is 32.1. The van der Waals surface area contributed by atoms with Gasteiger partial charge in [0.05, 0.1) is 22.7 Å². The third-order valence-corrected chi connectivity index (χ3v) is 6.35. The summed E-state index contributed by atoms with van der Waals surface area (Å²) in [5, 5.41) is 6.87. The average Bonchev–Trinajstić information content (AvgIpc) is 3.41. The van der Waals surface area contributed by atoms with Gasteiger partial charge < -0.3 is 9.80 Å². The molecule has 0 bridgehead atoms. The molecular formula is C20H19FN4O2S2. The number of carbonyl (C=O) groups is 2. The average molecular weight is 431 g/mol. The lowest BCUT2D eigenvalue weighted by Gasteiger charge is -2.36. The van der Waals surface area contributed by atoms with Crippen LogP contribution in [0, 0.1) is 5.82 Å². The molecule has 0 saturated carbocycles. The molecule has 0 atom stereocenters. The highest BCUT2D eigenvalue weighted by molar-refractivity contribution is 7.14. The van der Waals surface area contributed by atoms with Crippen LogP contribution in [0.15, 0.2) is 47.2 Å². The van der Waals surface area contributed by atoms with E-state index in [-0.39, 0.29) is 24.1 Å². The third-order valence-electron chi connectivity index (χ3n) is 4.68. The number of benzene rings is 1. The van der Waals surface area contributed by atoms with E-state index in [2.05, 4.69) is 10.3 Å². The van der Waals surface area contributed by atoms with E-state index in [0.717, 1.165) is 0 Å². The largest absolute Gasteiger partial charge is 0.366 e. The molecule has 0 radical (unpaired) electrons. The van der Waals surface area contributed by atoms with E-state index in [9.17, 15) is 14.0 Å². The van der Waals surface area contributed by atoms with Gasteiger partial charge in [-0.05, 0) is 23.6 Å². The number of rotatable bonds is 5. The van der Waals surface area contributed by atoms with Gasteiger partial charge >= 0.3 is 0 Å². The normalized spacial score (nSPS) is 14.1. The van der Waals surface area contributed by atoms with Crippen LogP contribution in [0.25, 0.3) is 0 Å². The van der Waals surface area contributed by atoms with Gasteiger partial charge in [-0.1, -0.05) is 18.2 Å². The minimum atomic E-state index is -0.244. The van der Waals surface area contributed by atoms with Gasteiger partial charge in [0.1, 0.15) is 5.82 Å². The van der Waals surface area contributed by atoms with Crippen LogP contribution in [0.2, 0.25) is 0 Å². The predicted molar refractivity (Wildman–Crippen MR) is 113 cm³/mol. The van der Waals surface area contributed by atoms with E-state index in [1.807, 2.05) is 22.4 Å². The fourth-order valence-corrected chi connectivity index (χ4v) is 4.51. The lowest BCUT2D eigenvalue weighted by molar-refractivity contribution is -0.130. The Morgan fingerprint density at radius 1 is 1.07 bits per heavy atom. The zero-order chi connectivity index (χ0) is 20.2. The summed E-state index contributed by atoms with van der Waals surface area (Å²) < 4.78 is 13.9. The van der Waals surface area contributed by atoms with Crippen molar-refractivity contribution >= 4 is 45.3 Å². The Bertz CT molecular complexity index is 998. The van der Waals surface area contributed by atoms with Crippen LogP contribution in [-0.2, 0) is 11.2 Å². The van der Waals surface area contributed by atoms with Crippen molar-refractivity contribution in [1.82, 2.24) is 9.88 Å². The molecule has 0 aliphatic carbocycles. The molecule has 0 spiro atoms. The molecule has 1 N–H and O–H groups in total. The van der Waals surface area contributed by atoms with Crippen LogP contribution < -0.4 is 10.2 Å². The molecular weight excluding hydrogens is 411 g/mol. The molecule has 1 aliphatic heterocycles. The summed E-state index contributed by atoms with van der Waals surface area (Å²) in [6.07, 6.45) is 0.186. The van der Waals surface area contributed by atoms with Gasteiger partial charge in [-0.3, -0.25) is 14.9 Å². The number of nitrogens with one attached hydrogen (secondary N) is 1. The maximum atomic E-state index is 13.9. The lowest BCUT2D eigenvalue weighted by Crippen LogP contribution is -2.49. The first-order valence-electron chi connectivity index (χ1n) is 9.16. The summed E-state index contributed by atoms with van der Waals surface area (Å²) >= 11 is 2.67. The van der Waals surface area contributed by atoms with Crippen molar-refractivity contribution < 1.29 is 14.0 Å². The first-order chi connectivity index (χ1) is 14.1. The number of piperazine rings is 1. The summed E-state index contributed by atoms with van der Waals surface area (Å²) in [5.41, 5.74) is 1.21. The molecule has 1 saturated heterocycles. The van der Waals surface area contributed by atoms with Gasteiger partial charge in [0.25, 0.3) is 5.91 Å². The first-order valence-corrected chi connectivity index (χ1v) is 10.9. The van der Waals surface area contributed by atoms with Crippen LogP contribution in [-0.4, -0.2) is 47.9 Å². The number of hydrogen-bond donors (Lipinski definition) is 1. The second kappa shape index (κ2) is 8.71. The molecule has 3 heterocycles. The molecule has 2 amide bonds. The number of anilines is 2. The topological polar surface area (TPSA) is 65.5 Å². The van der Waals surface area contributed by atoms with E-state index >= 15 is 0 Å². The van der Waals surface area contributed by atoms with Crippen LogP contribution in [0.3, 0.4) is 0 Å². The van der Waals surface area contributed by atoms with Crippen molar-refractivity contribution in [3.05, 3.63) is 63.5 Å². The number of amides is 2. The van der Waals surface area contributed by atoms with Crippen molar-refractivity contribution in [2.75, 3.05) is 36.4 Å². The highest BCUT2D eigenvalue weighted by Gasteiger charge is 2.23. The molecule has 3 aromatic rings. The SMILES string of the molecule is O=C(Nc1nc(CC(=O)N2CCN(c3ccccc3F)CC2)cs1)c1cccs1. The number of nitrogens with zero attached hydrogens (tertiary/aromatic N) is 3. The zero-order valence-electron chi connectivity index (χ0n) is 15.5. The maximum absolute atomic E-state index is 13.9. The molecule has 0 unspecified atom stereocenters. The second-order valence-electron chi connectivity index (χ2n) is 6.57. The minimum absolute atomic E-state index is 0.0142. The Morgan fingerprint density at radius 2 is 1.86 bits per heavy atom. The molecule has 29 heavy (non-hydrogen) atoms. The van der Waals surface area contributed by atoms with Crippen LogP contribution in [0.1, 0.15) is 15.4 Å². The monoisotopic (exact) mass is 430 g/mol. The number of halogens is 1. The molecule has 150 valence electrons. The number of aromatic nitrogens is 1. The van der Waals surface area contributed by atoms with E-state index in [1.54, 1.807) is 28.5 Å². The van der Waals surface area contributed by atoms with Gasteiger partial charge in [0.2, 0.25) is 5.91 Å². The molecule has 4 rings (SSSR count). The fourth-order valence-electron chi connectivity index (χ4n) is 3.18. The summed E-state index contributed by atoms with van der Waals surface area (Å²) in [7, 11) is 0. The quantitative estimate of drug-likeness (QED) is 0.673. The Balaban J connectivity index is 1.30. The molecule has 1 aliphatic rings. The summed E-state index contributed by atoms with van der Waals surface area (Å²) in [5.74, 6) is -0.456. The number of thiophene rings is 1. The molecule has 2 aromatic heterocycles. The van der Waals surface area contributed by atoms with E-state index < -0.39 is 0 Å². The van der Waals surface area contributed by atoms with Crippen molar-refractivity contribution in [2.45, 2.75) is 6.42 Å². The lowest BCUT2D eigenvalue weighted by atomic mass is 10.2. The maximum Gasteiger partial charge on any atom is 0.267 e. The minimum Gasteiger partial charge on any atom is -0.366 e. The van der Waals surface area contributed by atoms with Gasteiger partial charge in [0.15, 0.2) is 5.13 Å². The molecule has 1 fully saturated rings. The third kappa shape index (κ3) is 4.63. The van der Waals surface area contributed by atoms with Gasteiger partial charge in [-0.15, -0.1) is 22.7 Å². The fraction of sp³-hybridized carbons (Fsp3) is 0.250. The van der Waals surface area contributed by atoms with E-state index in [4.69, 9.17) is 0 Å². The Labute approximate surface area is 175 Å². The molecule has 6 nitrogen and oxygen atoms in total. The molecule has 9 heteroatoms. The number of thiazole rings is 1. The van der Waals surface area contributed by atoms with Crippen molar-refractivity contribution in [3.63, 3.8) is 0 Å². The van der Waals surface area contributed by atoms with Crippen LogP contribution in [0.5, 0.6) is 0 Å². The van der Waals surface area contributed by atoms with Gasteiger partial charge in [-0.25, -0.2) is 9.37 Å². The van der Waals surface area contributed by atoms with Crippen LogP contribution in [0.4, 0.5) is 15.2 Å². The van der Waals surface area contributed by atoms with E-state index in [0.29, 0.717) is 47.6 Å². The predicted octanol–water partition coefficient (Wildman–Crippen LogP) is 3.49. The van der Waals surface area contributed by atoms with Crippen molar-refractivity contribution in [3.8, 4) is 0 Å². The number of para-hydroxylation sites is 1. The summed E-state index contributed by atoms with van der Waals surface area (Å²) in [4.78, 5) is 33.4. The van der Waals surface area contributed by atoms with Crippen LogP contribution >= 0.6 is 22.7 Å². The smallest absolute Gasteiger partial charge is 0.267 e. The Kier molecular flexibility index (Phi) is 5.86. The Morgan fingerprint density at radius 3 is 2.59 bits per heavy atom. The second-order valence-corrected chi connectivity index (χ2v) is 8.38. The summed E-state index contributed by atoms with van der Waals surface area (Å²) in [6.45, 7) is 2.26. The van der Waals surface area contributed by atoms with E-state index in [1.165, 1.54) is 28.7 Å². The standard InChI is InChI=1S/C20H19FN4O2S2/c21-15-4-1-2-5-16(15)24-7-9-25(10-8-24)18(26)12-14-13-29-20(22-14)23-19(27)17-6-3-11-28-17/h1-6,11,13H,7-10,12H2,(H,22,23,27). The highest BCUT2D eigenvalue weighted by Crippen LogP contribution is 2.21. The first kappa shape index (κ1) is 19.5. The molecule has 1 aromatic carbocycles. The Hall–Kier alpha value is -2.78.